The van der Waals surface area contributed by atoms with Crippen molar-refractivity contribution < 1.29 is 0 Å². The van der Waals surface area contributed by atoms with Crippen molar-refractivity contribution in [3.63, 3.8) is 0 Å². The van der Waals surface area contributed by atoms with Crippen molar-refractivity contribution in [3.8, 4) is 0 Å². The van der Waals surface area contributed by atoms with Crippen LogP contribution in [0.1, 0.15) is 26.7 Å². The molecule has 3 nitrogen and oxygen atoms in total. The summed E-state index contributed by atoms with van der Waals surface area (Å²) in [5.74, 6) is 0. The molecule has 0 aromatic heterocycles. The minimum Gasteiger partial charge on any atom is -0.314 e. The molecule has 0 aliphatic carbocycles. The fraction of sp³-hybridized carbons (Fsp3) is 1.00. The predicted octanol–water partition coefficient (Wildman–Crippen LogP) is 1.01. The van der Waals surface area contributed by atoms with Crippen LogP contribution in [0.4, 0.5) is 0 Å². The Hall–Kier alpha value is -0.120. The standard InChI is InChI=1S/C12H27N3/c1-5-11(13-6-2)9-12-10-14(3)7-8-15(12)4/h11-13H,5-10H2,1-4H3. The molecular formula is C12H27N3. The van der Waals surface area contributed by atoms with Crippen LogP contribution in [0.3, 0.4) is 0 Å². The lowest BCUT2D eigenvalue weighted by Gasteiger charge is -2.39. The SMILES string of the molecule is CCNC(CC)CC1CN(C)CCN1C. The van der Waals surface area contributed by atoms with E-state index in [1.54, 1.807) is 0 Å². The summed E-state index contributed by atoms with van der Waals surface area (Å²) in [4.78, 5) is 4.96. The molecule has 2 atom stereocenters. The number of hydrogen-bond acceptors (Lipinski definition) is 3. The minimum absolute atomic E-state index is 0.689. The van der Waals surface area contributed by atoms with E-state index in [1.165, 1.54) is 32.5 Å². The van der Waals surface area contributed by atoms with Gasteiger partial charge in [0.05, 0.1) is 0 Å². The lowest BCUT2D eigenvalue weighted by molar-refractivity contribution is 0.101. The summed E-state index contributed by atoms with van der Waals surface area (Å²) in [6, 6.07) is 1.42. The van der Waals surface area contributed by atoms with Crippen LogP contribution in [0.2, 0.25) is 0 Å². The van der Waals surface area contributed by atoms with E-state index in [9.17, 15) is 0 Å². The minimum atomic E-state index is 0.689. The number of rotatable bonds is 5. The smallest absolute Gasteiger partial charge is 0.0235 e. The highest BCUT2D eigenvalue weighted by Gasteiger charge is 2.24. The molecule has 90 valence electrons. The summed E-state index contributed by atoms with van der Waals surface area (Å²) in [6.45, 7) is 9.21. The predicted molar refractivity (Wildman–Crippen MR) is 66.3 cm³/mol. The summed E-state index contributed by atoms with van der Waals surface area (Å²) < 4.78 is 0. The monoisotopic (exact) mass is 213 g/mol. The number of nitrogens with one attached hydrogen (secondary N) is 1. The Labute approximate surface area is 94.8 Å². The molecule has 0 aromatic rings. The highest BCUT2D eigenvalue weighted by Crippen LogP contribution is 2.13. The van der Waals surface area contributed by atoms with Crippen molar-refractivity contribution in [3.05, 3.63) is 0 Å². The molecule has 1 rings (SSSR count). The Bertz CT molecular complexity index is 172. The summed E-state index contributed by atoms with van der Waals surface area (Å²) >= 11 is 0. The van der Waals surface area contributed by atoms with E-state index in [1.807, 2.05) is 0 Å². The maximum Gasteiger partial charge on any atom is 0.0235 e. The van der Waals surface area contributed by atoms with Gasteiger partial charge in [0.25, 0.3) is 0 Å². The summed E-state index contributed by atoms with van der Waals surface area (Å²) in [6.07, 6.45) is 2.52. The van der Waals surface area contributed by atoms with E-state index >= 15 is 0 Å². The van der Waals surface area contributed by atoms with E-state index in [-0.39, 0.29) is 0 Å². The third kappa shape index (κ3) is 4.09. The third-order valence-electron chi connectivity index (χ3n) is 3.52. The first-order valence-electron chi connectivity index (χ1n) is 6.29. The largest absolute Gasteiger partial charge is 0.314 e. The number of likely N-dealkylation sites (N-methyl/N-ethyl adjacent to an activating group) is 2. The molecule has 2 unspecified atom stereocenters. The zero-order valence-electron chi connectivity index (χ0n) is 10.8. The van der Waals surface area contributed by atoms with E-state index < -0.39 is 0 Å². The van der Waals surface area contributed by atoms with Gasteiger partial charge in [-0.1, -0.05) is 13.8 Å². The van der Waals surface area contributed by atoms with Crippen LogP contribution < -0.4 is 5.32 Å². The summed E-state index contributed by atoms with van der Waals surface area (Å²) in [7, 11) is 4.49. The van der Waals surface area contributed by atoms with Gasteiger partial charge in [0.2, 0.25) is 0 Å². The average Bonchev–Trinajstić information content (AvgIpc) is 2.22. The highest BCUT2D eigenvalue weighted by molar-refractivity contribution is 4.82. The molecule has 0 bridgehead atoms. The summed E-state index contributed by atoms with van der Waals surface area (Å²) in [5.41, 5.74) is 0. The molecule has 15 heavy (non-hydrogen) atoms. The zero-order valence-corrected chi connectivity index (χ0v) is 10.8. The van der Waals surface area contributed by atoms with Gasteiger partial charge in [-0.3, -0.25) is 0 Å². The Balaban J connectivity index is 2.39. The van der Waals surface area contributed by atoms with Crippen molar-refractivity contribution in [2.24, 2.45) is 0 Å². The van der Waals surface area contributed by atoms with Gasteiger partial charge < -0.3 is 15.1 Å². The van der Waals surface area contributed by atoms with Crippen molar-refractivity contribution >= 4 is 0 Å². The van der Waals surface area contributed by atoms with Crippen molar-refractivity contribution in [2.75, 3.05) is 40.3 Å². The maximum atomic E-state index is 3.57. The van der Waals surface area contributed by atoms with Crippen LogP contribution in [-0.4, -0.2) is 62.2 Å². The van der Waals surface area contributed by atoms with Gasteiger partial charge in [0, 0.05) is 31.7 Å². The van der Waals surface area contributed by atoms with Crippen molar-refractivity contribution in [2.45, 2.75) is 38.8 Å². The molecule has 1 aliphatic heterocycles. The van der Waals surface area contributed by atoms with Gasteiger partial charge in [-0.25, -0.2) is 0 Å². The van der Waals surface area contributed by atoms with Gasteiger partial charge >= 0.3 is 0 Å². The van der Waals surface area contributed by atoms with Crippen LogP contribution in [0.25, 0.3) is 0 Å². The number of hydrogen-bond donors (Lipinski definition) is 1. The Kier molecular flexibility index (Phi) is 5.58. The first kappa shape index (κ1) is 12.9. The molecule has 0 saturated carbocycles. The Morgan fingerprint density at radius 3 is 2.60 bits per heavy atom. The molecule has 0 radical (unpaired) electrons. The molecule has 1 saturated heterocycles. The Morgan fingerprint density at radius 2 is 2.00 bits per heavy atom. The van der Waals surface area contributed by atoms with Crippen LogP contribution in [-0.2, 0) is 0 Å². The fourth-order valence-corrected chi connectivity index (χ4v) is 2.37. The molecule has 3 heteroatoms. The normalized spacial score (nSPS) is 26.8. The number of piperazine rings is 1. The average molecular weight is 213 g/mol. The maximum absolute atomic E-state index is 3.57. The molecule has 0 amide bonds. The number of nitrogens with zero attached hydrogens (tertiary/aromatic N) is 2. The summed E-state index contributed by atoms with van der Waals surface area (Å²) in [5, 5.41) is 3.57. The topological polar surface area (TPSA) is 18.5 Å². The van der Waals surface area contributed by atoms with Gasteiger partial charge in [-0.15, -0.1) is 0 Å². The van der Waals surface area contributed by atoms with Crippen LogP contribution >= 0.6 is 0 Å². The second-order valence-corrected chi connectivity index (χ2v) is 4.80. The van der Waals surface area contributed by atoms with Gasteiger partial charge in [0.1, 0.15) is 0 Å². The van der Waals surface area contributed by atoms with Crippen molar-refractivity contribution in [1.82, 2.24) is 15.1 Å². The van der Waals surface area contributed by atoms with E-state index in [0.717, 1.165) is 12.6 Å². The van der Waals surface area contributed by atoms with E-state index in [2.05, 4.69) is 43.1 Å². The second kappa shape index (κ2) is 6.46. The molecule has 1 N–H and O–H groups in total. The first-order chi connectivity index (χ1) is 7.17. The molecule has 1 aliphatic rings. The van der Waals surface area contributed by atoms with Gasteiger partial charge in [-0.2, -0.15) is 0 Å². The lowest BCUT2D eigenvalue weighted by atomic mass is 10.0. The van der Waals surface area contributed by atoms with Crippen LogP contribution in [0.15, 0.2) is 0 Å². The second-order valence-electron chi connectivity index (χ2n) is 4.80. The van der Waals surface area contributed by atoms with Crippen LogP contribution in [0, 0.1) is 0 Å². The third-order valence-corrected chi connectivity index (χ3v) is 3.52. The van der Waals surface area contributed by atoms with Gasteiger partial charge in [-0.05, 0) is 33.5 Å². The van der Waals surface area contributed by atoms with Crippen LogP contribution in [0.5, 0.6) is 0 Å². The zero-order chi connectivity index (χ0) is 11.3. The Morgan fingerprint density at radius 1 is 1.27 bits per heavy atom. The highest BCUT2D eigenvalue weighted by atomic mass is 15.3. The fourth-order valence-electron chi connectivity index (χ4n) is 2.37. The lowest BCUT2D eigenvalue weighted by Crippen LogP contribution is -2.52. The molecule has 1 fully saturated rings. The van der Waals surface area contributed by atoms with E-state index in [0.29, 0.717) is 6.04 Å². The van der Waals surface area contributed by atoms with Gasteiger partial charge in [0.15, 0.2) is 0 Å². The molecular weight excluding hydrogens is 186 g/mol. The molecule has 0 spiro atoms. The first-order valence-corrected chi connectivity index (χ1v) is 6.29. The molecule has 0 aromatic carbocycles. The van der Waals surface area contributed by atoms with E-state index in [4.69, 9.17) is 0 Å². The molecule has 1 heterocycles. The quantitative estimate of drug-likeness (QED) is 0.735. The van der Waals surface area contributed by atoms with Crippen molar-refractivity contribution in [1.29, 1.82) is 0 Å².